The average molecular weight is 439 g/mol. The third-order valence-electron chi connectivity index (χ3n) is 6.06. The lowest BCUT2D eigenvalue weighted by Crippen LogP contribution is -2.66. The Kier molecular flexibility index (Phi) is 6.05. The van der Waals surface area contributed by atoms with Crippen LogP contribution < -0.4 is 5.32 Å². The Hall–Kier alpha value is -2.08. The van der Waals surface area contributed by atoms with E-state index < -0.39 is 20.6 Å². The van der Waals surface area contributed by atoms with E-state index in [-0.39, 0.29) is 41.5 Å². The number of amides is 1. The standard InChI is InChI=1S/C19H25N3O7S/c23-19(13-7-9-28-10-8-13)20-11-14-5-6-15-17(29-14)12-21(15)30(26,27)18-4-2-1-3-16(18)22(24)25/h1-4,13-15,17H,5-12H2,(H,20,23)/t14-,15+,17+/m0/s1. The summed E-state index contributed by atoms with van der Waals surface area (Å²) in [6.07, 6.45) is 2.22. The van der Waals surface area contributed by atoms with Gasteiger partial charge in [-0.25, -0.2) is 8.42 Å². The van der Waals surface area contributed by atoms with E-state index in [4.69, 9.17) is 9.47 Å². The molecule has 0 bridgehead atoms. The van der Waals surface area contributed by atoms with Crippen LogP contribution in [0.5, 0.6) is 0 Å². The second kappa shape index (κ2) is 8.58. The van der Waals surface area contributed by atoms with E-state index in [0.717, 1.165) is 12.8 Å². The molecule has 11 heteroatoms. The van der Waals surface area contributed by atoms with Gasteiger partial charge in [-0.1, -0.05) is 12.1 Å². The molecule has 3 fully saturated rings. The molecule has 3 aliphatic rings. The molecule has 1 aromatic carbocycles. The zero-order valence-electron chi connectivity index (χ0n) is 16.4. The molecule has 0 spiro atoms. The summed E-state index contributed by atoms with van der Waals surface area (Å²) < 4.78 is 38.5. The minimum absolute atomic E-state index is 0.0122. The van der Waals surface area contributed by atoms with Crippen molar-refractivity contribution in [3.05, 3.63) is 34.4 Å². The van der Waals surface area contributed by atoms with E-state index >= 15 is 0 Å². The van der Waals surface area contributed by atoms with Crippen LogP contribution in [0.1, 0.15) is 25.7 Å². The van der Waals surface area contributed by atoms with Crippen molar-refractivity contribution in [3.63, 3.8) is 0 Å². The van der Waals surface area contributed by atoms with Gasteiger partial charge in [0.25, 0.3) is 5.69 Å². The van der Waals surface area contributed by atoms with Crippen LogP contribution in [0.4, 0.5) is 5.69 Å². The van der Waals surface area contributed by atoms with E-state index in [1.807, 2.05) is 0 Å². The number of ether oxygens (including phenoxy) is 2. The number of rotatable bonds is 6. The summed E-state index contributed by atoms with van der Waals surface area (Å²) in [4.78, 5) is 22.5. The van der Waals surface area contributed by atoms with Crippen LogP contribution in [0.15, 0.2) is 29.2 Å². The maximum Gasteiger partial charge on any atom is 0.289 e. The molecule has 0 aliphatic carbocycles. The summed E-state index contributed by atoms with van der Waals surface area (Å²) in [5.74, 6) is -0.0145. The SMILES string of the molecule is O=C(NC[C@@H]1CC[C@@H]2[C@@H](CN2S(=O)(=O)c2ccccc2[N+](=O)[O-])O1)C1CCOCC1. The van der Waals surface area contributed by atoms with Gasteiger partial charge in [-0.05, 0) is 31.7 Å². The lowest BCUT2D eigenvalue weighted by atomic mass is 9.92. The highest BCUT2D eigenvalue weighted by atomic mass is 32.2. The lowest BCUT2D eigenvalue weighted by molar-refractivity contribution is -0.387. The Morgan fingerprint density at radius 2 is 1.93 bits per heavy atom. The van der Waals surface area contributed by atoms with E-state index in [1.54, 1.807) is 0 Å². The zero-order valence-corrected chi connectivity index (χ0v) is 17.3. The number of nitro groups is 1. The monoisotopic (exact) mass is 439 g/mol. The van der Waals surface area contributed by atoms with Crippen molar-refractivity contribution in [2.45, 2.75) is 48.8 Å². The molecule has 0 aromatic heterocycles. The largest absolute Gasteiger partial charge is 0.381 e. The van der Waals surface area contributed by atoms with Crippen LogP contribution in [-0.4, -0.2) is 68.1 Å². The molecule has 10 nitrogen and oxygen atoms in total. The normalized spacial score (nSPS) is 27.7. The molecule has 1 amide bonds. The number of hydrogen-bond acceptors (Lipinski definition) is 7. The van der Waals surface area contributed by atoms with Gasteiger partial charge in [0.05, 0.1) is 23.2 Å². The van der Waals surface area contributed by atoms with Crippen molar-refractivity contribution in [1.82, 2.24) is 9.62 Å². The van der Waals surface area contributed by atoms with Gasteiger partial charge in [0.1, 0.15) is 0 Å². The molecular weight excluding hydrogens is 414 g/mol. The Bertz CT molecular complexity index is 916. The summed E-state index contributed by atoms with van der Waals surface area (Å²) >= 11 is 0. The number of nitrogens with one attached hydrogen (secondary N) is 1. The molecule has 164 valence electrons. The highest BCUT2D eigenvalue weighted by molar-refractivity contribution is 7.89. The minimum Gasteiger partial charge on any atom is -0.381 e. The number of hydrogen-bond donors (Lipinski definition) is 1. The predicted molar refractivity (Wildman–Crippen MR) is 105 cm³/mol. The first kappa shape index (κ1) is 21.2. The summed E-state index contributed by atoms with van der Waals surface area (Å²) in [7, 11) is -3.98. The van der Waals surface area contributed by atoms with E-state index in [2.05, 4.69) is 5.32 Å². The third kappa shape index (κ3) is 4.07. The van der Waals surface area contributed by atoms with E-state index in [1.165, 1.54) is 28.6 Å². The van der Waals surface area contributed by atoms with Gasteiger partial charge < -0.3 is 14.8 Å². The predicted octanol–water partition coefficient (Wildman–Crippen LogP) is 1.06. The van der Waals surface area contributed by atoms with Gasteiger partial charge in [0.2, 0.25) is 15.9 Å². The second-order valence-electron chi connectivity index (χ2n) is 7.87. The van der Waals surface area contributed by atoms with E-state index in [9.17, 15) is 23.3 Å². The van der Waals surface area contributed by atoms with E-state index in [0.29, 0.717) is 32.6 Å². The molecular formula is C19H25N3O7S. The number of carbonyl (C=O) groups is 1. The molecule has 1 aromatic rings. The highest BCUT2D eigenvalue weighted by Crippen LogP contribution is 2.38. The molecule has 3 heterocycles. The fourth-order valence-electron chi connectivity index (χ4n) is 4.31. The summed E-state index contributed by atoms with van der Waals surface area (Å²) in [6, 6.07) is 5.04. The third-order valence-corrected chi connectivity index (χ3v) is 7.99. The van der Waals surface area contributed by atoms with Crippen LogP contribution in [0.2, 0.25) is 0 Å². The number of nitrogens with zero attached hydrogens (tertiary/aromatic N) is 2. The Morgan fingerprint density at radius 3 is 2.63 bits per heavy atom. The van der Waals surface area contributed by atoms with Gasteiger partial charge in [0, 0.05) is 38.3 Å². The summed E-state index contributed by atoms with van der Waals surface area (Å²) in [6.45, 7) is 1.76. The van der Waals surface area contributed by atoms with Crippen LogP contribution in [-0.2, 0) is 24.3 Å². The molecule has 0 saturated carbocycles. The summed E-state index contributed by atoms with van der Waals surface area (Å²) in [5.41, 5.74) is -0.425. The van der Waals surface area contributed by atoms with Gasteiger partial charge >= 0.3 is 0 Å². The Balaban J connectivity index is 1.33. The van der Waals surface area contributed by atoms with Crippen molar-refractivity contribution in [2.24, 2.45) is 5.92 Å². The smallest absolute Gasteiger partial charge is 0.289 e. The molecule has 0 unspecified atom stereocenters. The number of benzene rings is 1. The molecule has 3 atom stereocenters. The quantitative estimate of drug-likeness (QED) is 0.518. The van der Waals surface area contributed by atoms with Gasteiger partial charge in [-0.2, -0.15) is 4.31 Å². The first-order valence-corrected chi connectivity index (χ1v) is 11.6. The lowest BCUT2D eigenvalue weighted by Gasteiger charge is -2.50. The van der Waals surface area contributed by atoms with Gasteiger partial charge in [-0.15, -0.1) is 0 Å². The number of carbonyl (C=O) groups excluding carboxylic acids is 1. The van der Waals surface area contributed by atoms with Gasteiger partial charge in [-0.3, -0.25) is 14.9 Å². The number of nitro benzene ring substituents is 1. The fraction of sp³-hybridized carbons (Fsp3) is 0.632. The first-order chi connectivity index (χ1) is 14.4. The topological polar surface area (TPSA) is 128 Å². The number of fused-ring (bicyclic) bond motifs is 1. The molecule has 30 heavy (non-hydrogen) atoms. The average Bonchev–Trinajstić information content (AvgIpc) is 2.73. The molecule has 3 saturated heterocycles. The fourth-order valence-corrected chi connectivity index (χ4v) is 6.17. The maximum absolute atomic E-state index is 13.0. The van der Waals surface area contributed by atoms with Crippen LogP contribution in [0.3, 0.4) is 0 Å². The van der Waals surface area contributed by atoms with Crippen LogP contribution >= 0.6 is 0 Å². The highest BCUT2D eigenvalue weighted by Gasteiger charge is 2.51. The molecule has 0 radical (unpaired) electrons. The van der Waals surface area contributed by atoms with Crippen LogP contribution in [0.25, 0.3) is 0 Å². The van der Waals surface area contributed by atoms with Crippen molar-refractivity contribution in [3.8, 4) is 0 Å². The second-order valence-corrected chi connectivity index (χ2v) is 9.73. The van der Waals surface area contributed by atoms with Crippen molar-refractivity contribution >= 4 is 21.6 Å². The number of para-hydroxylation sites is 1. The Labute approximate surface area is 174 Å². The van der Waals surface area contributed by atoms with Crippen molar-refractivity contribution < 1.29 is 27.6 Å². The summed E-state index contributed by atoms with van der Waals surface area (Å²) in [5, 5.41) is 14.2. The molecule has 4 rings (SSSR count). The Morgan fingerprint density at radius 1 is 1.20 bits per heavy atom. The van der Waals surface area contributed by atoms with Gasteiger partial charge in [0.15, 0.2) is 4.90 Å². The molecule has 3 aliphatic heterocycles. The minimum atomic E-state index is -3.98. The zero-order chi connectivity index (χ0) is 21.3. The van der Waals surface area contributed by atoms with Crippen molar-refractivity contribution in [2.75, 3.05) is 26.3 Å². The van der Waals surface area contributed by atoms with Crippen molar-refractivity contribution in [1.29, 1.82) is 0 Å². The van der Waals surface area contributed by atoms with Crippen LogP contribution in [0, 0.1) is 16.0 Å². The maximum atomic E-state index is 13.0. The first-order valence-electron chi connectivity index (χ1n) is 10.1. The molecule has 1 N–H and O–H groups in total. The number of sulfonamides is 1.